The van der Waals surface area contributed by atoms with E-state index in [4.69, 9.17) is 5.26 Å². The molecule has 1 aromatic heterocycles. The van der Waals surface area contributed by atoms with E-state index in [9.17, 15) is 9.90 Å². The van der Waals surface area contributed by atoms with Gasteiger partial charge in [0, 0.05) is 18.9 Å². The fourth-order valence-electron chi connectivity index (χ4n) is 1.85. The van der Waals surface area contributed by atoms with Crippen molar-refractivity contribution in [2.45, 2.75) is 6.42 Å². The molecule has 5 heteroatoms. The Balaban J connectivity index is 1.92. The van der Waals surface area contributed by atoms with Crippen LogP contribution in [-0.2, 0) is 11.2 Å². The van der Waals surface area contributed by atoms with Crippen molar-refractivity contribution in [2.24, 2.45) is 0 Å². The number of nitrogens with zero attached hydrogens (tertiary/aromatic N) is 2. The van der Waals surface area contributed by atoms with Gasteiger partial charge in [0.25, 0.3) is 5.91 Å². The molecular weight excluding hydrogens is 278 g/mol. The second kappa shape index (κ2) is 7.60. The van der Waals surface area contributed by atoms with E-state index in [1.807, 2.05) is 6.07 Å². The summed E-state index contributed by atoms with van der Waals surface area (Å²) in [6, 6.07) is 12.2. The van der Waals surface area contributed by atoms with Crippen LogP contribution in [0.3, 0.4) is 0 Å². The Morgan fingerprint density at radius 2 is 2.09 bits per heavy atom. The number of amides is 1. The molecule has 1 aromatic carbocycles. The summed E-state index contributed by atoms with van der Waals surface area (Å²) in [5, 5.41) is 21.0. The zero-order valence-electron chi connectivity index (χ0n) is 11.9. The van der Waals surface area contributed by atoms with Gasteiger partial charge in [0.05, 0.1) is 0 Å². The molecule has 0 aliphatic rings. The van der Waals surface area contributed by atoms with Crippen molar-refractivity contribution in [1.29, 1.82) is 5.26 Å². The monoisotopic (exact) mass is 293 g/mol. The zero-order chi connectivity index (χ0) is 15.8. The Labute approximate surface area is 128 Å². The number of phenolic OH excluding ortho intramolecular Hbond substituents is 1. The number of nitriles is 1. The average Bonchev–Trinajstić information content (AvgIpc) is 2.55. The van der Waals surface area contributed by atoms with Crippen LogP contribution in [-0.4, -0.2) is 22.5 Å². The third-order valence-electron chi connectivity index (χ3n) is 3.00. The molecule has 0 unspecified atom stereocenters. The highest BCUT2D eigenvalue weighted by atomic mass is 16.3. The van der Waals surface area contributed by atoms with Gasteiger partial charge in [0.2, 0.25) is 0 Å². The largest absolute Gasteiger partial charge is 0.508 e. The van der Waals surface area contributed by atoms with E-state index >= 15 is 0 Å². The Hall–Kier alpha value is -3.13. The van der Waals surface area contributed by atoms with Gasteiger partial charge >= 0.3 is 0 Å². The van der Waals surface area contributed by atoms with Crippen molar-refractivity contribution < 1.29 is 9.90 Å². The van der Waals surface area contributed by atoms with Gasteiger partial charge in [-0.25, -0.2) is 0 Å². The van der Waals surface area contributed by atoms with Gasteiger partial charge in [0.15, 0.2) is 0 Å². The van der Waals surface area contributed by atoms with Crippen LogP contribution in [0.25, 0.3) is 6.08 Å². The summed E-state index contributed by atoms with van der Waals surface area (Å²) in [5.74, 6) is -0.205. The van der Waals surface area contributed by atoms with E-state index in [1.165, 1.54) is 6.08 Å². The van der Waals surface area contributed by atoms with Crippen LogP contribution in [0.4, 0.5) is 0 Å². The van der Waals surface area contributed by atoms with E-state index in [-0.39, 0.29) is 11.3 Å². The number of rotatable bonds is 5. The topological polar surface area (TPSA) is 86.0 Å². The SMILES string of the molecule is N#C/C(=C\c1cccnc1)C(=O)NCCc1ccc(O)cc1. The molecule has 0 radical (unpaired) electrons. The minimum absolute atomic E-state index is 0.0405. The Morgan fingerprint density at radius 3 is 2.73 bits per heavy atom. The highest BCUT2D eigenvalue weighted by Gasteiger charge is 2.08. The Kier molecular flexibility index (Phi) is 5.27. The van der Waals surface area contributed by atoms with Crippen LogP contribution >= 0.6 is 0 Å². The van der Waals surface area contributed by atoms with Crippen molar-refractivity contribution >= 4 is 12.0 Å². The normalized spacial score (nSPS) is 10.8. The first kappa shape index (κ1) is 15.3. The third kappa shape index (κ3) is 4.46. The smallest absolute Gasteiger partial charge is 0.261 e. The quantitative estimate of drug-likeness (QED) is 0.652. The highest BCUT2D eigenvalue weighted by Crippen LogP contribution is 2.10. The number of aromatic nitrogens is 1. The van der Waals surface area contributed by atoms with Gasteiger partial charge in [0.1, 0.15) is 17.4 Å². The van der Waals surface area contributed by atoms with E-state index in [0.29, 0.717) is 18.5 Å². The summed E-state index contributed by atoms with van der Waals surface area (Å²) in [4.78, 5) is 15.9. The van der Waals surface area contributed by atoms with Crippen LogP contribution in [0, 0.1) is 11.3 Å². The van der Waals surface area contributed by atoms with E-state index in [2.05, 4.69) is 10.3 Å². The molecule has 0 spiro atoms. The molecule has 1 heterocycles. The minimum Gasteiger partial charge on any atom is -0.508 e. The van der Waals surface area contributed by atoms with Crippen molar-refractivity contribution in [3.05, 3.63) is 65.5 Å². The Morgan fingerprint density at radius 1 is 1.32 bits per heavy atom. The number of nitrogens with one attached hydrogen (secondary N) is 1. The zero-order valence-corrected chi connectivity index (χ0v) is 11.9. The minimum atomic E-state index is -0.412. The molecule has 0 aliphatic heterocycles. The number of hydrogen-bond acceptors (Lipinski definition) is 4. The third-order valence-corrected chi connectivity index (χ3v) is 3.00. The lowest BCUT2D eigenvalue weighted by atomic mass is 10.1. The summed E-state index contributed by atoms with van der Waals surface area (Å²) in [6.07, 6.45) is 5.34. The van der Waals surface area contributed by atoms with Crippen LogP contribution in [0.1, 0.15) is 11.1 Å². The standard InChI is InChI=1S/C17H15N3O2/c18-11-15(10-14-2-1-8-19-12-14)17(22)20-9-7-13-3-5-16(21)6-4-13/h1-6,8,10,12,21H,7,9H2,(H,20,22)/b15-10+. The first-order chi connectivity index (χ1) is 10.7. The number of phenols is 1. The molecule has 0 fully saturated rings. The lowest BCUT2D eigenvalue weighted by molar-refractivity contribution is -0.117. The summed E-state index contributed by atoms with van der Waals surface area (Å²) >= 11 is 0. The van der Waals surface area contributed by atoms with Crippen molar-refractivity contribution in [3.63, 3.8) is 0 Å². The molecule has 5 nitrogen and oxygen atoms in total. The van der Waals surface area contributed by atoms with Crippen molar-refractivity contribution in [3.8, 4) is 11.8 Å². The van der Waals surface area contributed by atoms with Gasteiger partial charge in [-0.05, 0) is 41.8 Å². The number of benzene rings is 1. The van der Waals surface area contributed by atoms with Crippen LogP contribution < -0.4 is 5.32 Å². The second-order valence-corrected chi connectivity index (χ2v) is 4.63. The molecular formula is C17H15N3O2. The van der Waals surface area contributed by atoms with E-state index in [1.54, 1.807) is 48.8 Å². The number of carbonyl (C=O) groups excluding carboxylic acids is 1. The highest BCUT2D eigenvalue weighted by molar-refractivity contribution is 6.01. The molecule has 110 valence electrons. The molecule has 0 saturated carbocycles. The molecule has 0 atom stereocenters. The lowest BCUT2D eigenvalue weighted by Crippen LogP contribution is -2.26. The molecule has 0 saturated heterocycles. The fraction of sp³-hybridized carbons (Fsp3) is 0.118. The number of carbonyl (C=O) groups is 1. The van der Waals surface area contributed by atoms with Crippen LogP contribution in [0.5, 0.6) is 5.75 Å². The maximum Gasteiger partial charge on any atom is 0.261 e. The predicted octanol–water partition coefficient (Wildman–Crippen LogP) is 2.05. The molecule has 1 amide bonds. The van der Waals surface area contributed by atoms with Gasteiger partial charge in [-0.2, -0.15) is 5.26 Å². The summed E-state index contributed by atoms with van der Waals surface area (Å²) < 4.78 is 0. The van der Waals surface area contributed by atoms with E-state index < -0.39 is 5.91 Å². The predicted molar refractivity (Wildman–Crippen MR) is 82.6 cm³/mol. The first-order valence-corrected chi connectivity index (χ1v) is 6.77. The molecule has 0 aliphatic carbocycles. The van der Waals surface area contributed by atoms with Gasteiger partial charge < -0.3 is 10.4 Å². The summed E-state index contributed by atoms with van der Waals surface area (Å²) in [6.45, 7) is 0.412. The number of pyridine rings is 1. The van der Waals surface area contributed by atoms with Gasteiger partial charge in [-0.15, -0.1) is 0 Å². The van der Waals surface area contributed by atoms with Crippen LogP contribution in [0.2, 0.25) is 0 Å². The van der Waals surface area contributed by atoms with Gasteiger partial charge in [-0.1, -0.05) is 18.2 Å². The van der Waals surface area contributed by atoms with Crippen molar-refractivity contribution in [1.82, 2.24) is 10.3 Å². The summed E-state index contributed by atoms with van der Waals surface area (Å²) in [5.41, 5.74) is 1.74. The maximum atomic E-state index is 12.0. The second-order valence-electron chi connectivity index (χ2n) is 4.63. The maximum absolute atomic E-state index is 12.0. The molecule has 22 heavy (non-hydrogen) atoms. The van der Waals surface area contributed by atoms with Crippen molar-refractivity contribution in [2.75, 3.05) is 6.54 Å². The number of hydrogen-bond donors (Lipinski definition) is 2. The van der Waals surface area contributed by atoms with Gasteiger partial charge in [-0.3, -0.25) is 9.78 Å². The van der Waals surface area contributed by atoms with E-state index in [0.717, 1.165) is 5.56 Å². The lowest BCUT2D eigenvalue weighted by Gasteiger charge is -2.05. The summed E-state index contributed by atoms with van der Waals surface area (Å²) in [7, 11) is 0. The molecule has 2 rings (SSSR count). The van der Waals surface area contributed by atoms with Crippen LogP contribution in [0.15, 0.2) is 54.4 Å². The fourth-order valence-corrected chi connectivity index (χ4v) is 1.85. The number of aromatic hydroxyl groups is 1. The first-order valence-electron chi connectivity index (χ1n) is 6.77. The average molecular weight is 293 g/mol. The Bertz CT molecular complexity index is 701. The molecule has 2 N–H and O–H groups in total. The molecule has 0 bridgehead atoms. The molecule has 2 aromatic rings.